The maximum atomic E-state index is 3.62. The van der Waals surface area contributed by atoms with Crippen LogP contribution in [0.4, 0.5) is 0 Å². The average Bonchev–Trinajstić information content (AvgIpc) is 3.00. The average molecular weight is 197 g/mol. The van der Waals surface area contributed by atoms with Crippen molar-refractivity contribution in [2.24, 2.45) is 11.8 Å². The third kappa shape index (κ3) is 4.99. The Morgan fingerprint density at radius 2 is 1.79 bits per heavy atom. The van der Waals surface area contributed by atoms with Crippen molar-refractivity contribution in [3.05, 3.63) is 0 Å². The molecule has 1 nitrogen and oxygen atoms in total. The van der Waals surface area contributed by atoms with E-state index in [2.05, 4.69) is 26.1 Å². The minimum Gasteiger partial charge on any atom is -0.314 e. The molecule has 1 N–H and O–H groups in total. The lowest BCUT2D eigenvalue weighted by molar-refractivity contribution is 0.379. The van der Waals surface area contributed by atoms with Crippen molar-refractivity contribution in [2.45, 2.75) is 65.3 Å². The van der Waals surface area contributed by atoms with Crippen LogP contribution in [0, 0.1) is 11.8 Å². The van der Waals surface area contributed by atoms with Crippen LogP contribution in [-0.2, 0) is 0 Å². The number of nitrogens with one attached hydrogen (secondary N) is 1. The Kier molecular flexibility index (Phi) is 5.54. The van der Waals surface area contributed by atoms with E-state index < -0.39 is 0 Å². The summed E-state index contributed by atoms with van der Waals surface area (Å²) in [6.45, 7) is 8.27. The fraction of sp³-hybridized carbons (Fsp3) is 1.00. The fourth-order valence-corrected chi connectivity index (χ4v) is 1.97. The molecular formula is C13H27N. The van der Waals surface area contributed by atoms with E-state index in [1.54, 1.807) is 0 Å². The molecule has 0 aromatic rings. The first-order valence-corrected chi connectivity index (χ1v) is 6.49. The molecule has 0 aliphatic heterocycles. The van der Waals surface area contributed by atoms with E-state index >= 15 is 0 Å². The molecule has 0 spiro atoms. The zero-order valence-corrected chi connectivity index (χ0v) is 10.2. The second-order valence-corrected chi connectivity index (χ2v) is 5.05. The van der Waals surface area contributed by atoms with Crippen molar-refractivity contribution in [3.8, 4) is 0 Å². The lowest BCUT2D eigenvalue weighted by Crippen LogP contribution is -2.23. The van der Waals surface area contributed by atoms with E-state index in [4.69, 9.17) is 0 Å². The first-order valence-electron chi connectivity index (χ1n) is 6.49. The van der Waals surface area contributed by atoms with Gasteiger partial charge in [-0.2, -0.15) is 0 Å². The van der Waals surface area contributed by atoms with Gasteiger partial charge in [-0.3, -0.25) is 0 Å². The third-order valence-electron chi connectivity index (χ3n) is 3.55. The smallest absolute Gasteiger partial charge is 0.00683 e. The molecule has 84 valence electrons. The maximum Gasteiger partial charge on any atom is 0.00683 e. The van der Waals surface area contributed by atoms with Crippen molar-refractivity contribution in [1.29, 1.82) is 0 Å². The second-order valence-electron chi connectivity index (χ2n) is 5.05. The van der Waals surface area contributed by atoms with E-state index in [0.29, 0.717) is 0 Å². The summed E-state index contributed by atoms with van der Waals surface area (Å²) in [7, 11) is 0. The zero-order valence-electron chi connectivity index (χ0n) is 10.2. The van der Waals surface area contributed by atoms with Gasteiger partial charge in [-0.1, -0.05) is 40.0 Å². The molecule has 0 heterocycles. The molecule has 14 heavy (non-hydrogen) atoms. The summed E-state index contributed by atoms with van der Waals surface area (Å²) in [5.74, 6) is 1.84. The third-order valence-corrected chi connectivity index (χ3v) is 3.55. The maximum absolute atomic E-state index is 3.62. The Morgan fingerprint density at radius 3 is 2.29 bits per heavy atom. The lowest BCUT2D eigenvalue weighted by atomic mass is 9.93. The number of rotatable bonds is 8. The van der Waals surface area contributed by atoms with Crippen LogP contribution in [0.3, 0.4) is 0 Å². The molecule has 1 fully saturated rings. The van der Waals surface area contributed by atoms with Gasteiger partial charge in [0.25, 0.3) is 0 Å². The number of hydrogen-bond acceptors (Lipinski definition) is 1. The van der Waals surface area contributed by atoms with Gasteiger partial charge in [0.15, 0.2) is 0 Å². The Hall–Kier alpha value is -0.0400. The summed E-state index contributed by atoms with van der Waals surface area (Å²) in [6.07, 6.45) is 8.39. The van der Waals surface area contributed by atoms with E-state index in [-0.39, 0.29) is 0 Å². The highest BCUT2D eigenvalue weighted by Crippen LogP contribution is 2.21. The monoisotopic (exact) mass is 197 g/mol. The van der Waals surface area contributed by atoms with Gasteiger partial charge in [0.2, 0.25) is 0 Å². The minimum absolute atomic E-state index is 0.871. The van der Waals surface area contributed by atoms with E-state index in [0.717, 1.165) is 17.9 Å². The van der Waals surface area contributed by atoms with Gasteiger partial charge in [-0.15, -0.1) is 0 Å². The quantitative estimate of drug-likeness (QED) is 0.627. The van der Waals surface area contributed by atoms with Crippen molar-refractivity contribution in [2.75, 3.05) is 6.54 Å². The van der Waals surface area contributed by atoms with Crippen LogP contribution in [0.2, 0.25) is 0 Å². The molecule has 1 aliphatic carbocycles. The highest BCUT2D eigenvalue weighted by atomic mass is 14.9. The predicted molar refractivity (Wildman–Crippen MR) is 63.5 cm³/mol. The van der Waals surface area contributed by atoms with Crippen LogP contribution in [0.1, 0.15) is 59.3 Å². The second kappa shape index (κ2) is 6.44. The van der Waals surface area contributed by atoms with Gasteiger partial charge in [0, 0.05) is 6.04 Å². The highest BCUT2D eigenvalue weighted by Gasteiger charge is 2.20. The normalized spacial score (nSPS) is 18.9. The van der Waals surface area contributed by atoms with Crippen LogP contribution < -0.4 is 5.32 Å². The van der Waals surface area contributed by atoms with Gasteiger partial charge in [-0.05, 0) is 37.6 Å². The Bertz CT molecular complexity index is 136. The molecule has 1 unspecified atom stereocenters. The van der Waals surface area contributed by atoms with E-state index in [1.807, 2.05) is 0 Å². The van der Waals surface area contributed by atoms with Gasteiger partial charge in [-0.25, -0.2) is 0 Å². The Morgan fingerprint density at radius 1 is 1.14 bits per heavy atom. The number of hydrogen-bond donors (Lipinski definition) is 1. The van der Waals surface area contributed by atoms with Crippen LogP contribution in [-0.4, -0.2) is 12.6 Å². The molecule has 0 aromatic carbocycles. The first-order chi connectivity index (χ1) is 6.76. The molecule has 1 atom stereocenters. The Labute approximate surface area is 89.7 Å². The minimum atomic E-state index is 0.871. The van der Waals surface area contributed by atoms with Gasteiger partial charge < -0.3 is 5.32 Å². The van der Waals surface area contributed by atoms with Crippen molar-refractivity contribution < 1.29 is 0 Å². The largest absolute Gasteiger partial charge is 0.314 e. The first kappa shape index (κ1) is 12.0. The van der Waals surface area contributed by atoms with Crippen LogP contribution in [0.15, 0.2) is 0 Å². The van der Waals surface area contributed by atoms with Crippen molar-refractivity contribution >= 4 is 0 Å². The topological polar surface area (TPSA) is 12.0 Å². The van der Waals surface area contributed by atoms with Gasteiger partial charge in [0.1, 0.15) is 0 Å². The lowest BCUT2D eigenvalue weighted by Gasteiger charge is -2.16. The molecule has 1 heteroatoms. The molecule has 0 bridgehead atoms. The zero-order chi connectivity index (χ0) is 10.4. The summed E-state index contributed by atoms with van der Waals surface area (Å²) < 4.78 is 0. The summed E-state index contributed by atoms with van der Waals surface area (Å²) in [4.78, 5) is 0. The standard InChI is InChI=1S/C13H27N/c1-4-12(5-2)7-6-11(3)10-14-13-8-9-13/h11-14H,4-10H2,1-3H3. The molecule has 0 amide bonds. The molecule has 0 aromatic heterocycles. The van der Waals surface area contributed by atoms with E-state index in [1.165, 1.54) is 45.1 Å². The van der Waals surface area contributed by atoms with Crippen LogP contribution >= 0.6 is 0 Å². The summed E-state index contributed by atoms with van der Waals surface area (Å²) in [5, 5.41) is 3.62. The highest BCUT2D eigenvalue weighted by molar-refractivity contribution is 4.81. The van der Waals surface area contributed by atoms with Crippen LogP contribution in [0.5, 0.6) is 0 Å². The van der Waals surface area contributed by atoms with E-state index in [9.17, 15) is 0 Å². The molecule has 0 saturated heterocycles. The summed E-state index contributed by atoms with van der Waals surface area (Å²) in [6, 6.07) is 0.880. The SMILES string of the molecule is CCC(CC)CCC(C)CNC1CC1. The molecule has 1 aliphatic rings. The van der Waals surface area contributed by atoms with Crippen molar-refractivity contribution in [1.82, 2.24) is 5.32 Å². The molecule has 1 rings (SSSR count). The van der Waals surface area contributed by atoms with Crippen LogP contribution in [0.25, 0.3) is 0 Å². The molecule has 1 saturated carbocycles. The molecular weight excluding hydrogens is 170 g/mol. The van der Waals surface area contributed by atoms with Gasteiger partial charge >= 0.3 is 0 Å². The summed E-state index contributed by atoms with van der Waals surface area (Å²) in [5.41, 5.74) is 0. The Balaban J connectivity index is 1.97. The summed E-state index contributed by atoms with van der Waals surface area (Å²) >= 11 is 0. The van der Waals surface area contributed by atoms with Gasteiger partial charge in [0.05, 0.1) is 0 Å². The van der Waals surface area contributed by atoms with Crippen molar-refractivity contribution in [3.63, 3.8) is 0 Å². The molecule has 0 radical (unpaired) electrons. The fourth-order valence-electron chi connectivity index (χ4n) is 1.97. The predicted octanol–water partition coefficient (Wildman–Crippen LogP) is 3.59.